The Hall–Kier alpha value is -2.00. The quantitative estimate of drug-likeness (QED) is 0.761. The minimum absolute atomic E-state index is 0.0389. The molecule has 2 aromatic carbocycles. The second-order valence-corrected chi connectivity index (χ2v) is 8.35. The number of anilines is 1. The topological polar surface area (TPSA) is 92.5 Å². The van der Waals surface area contributed by atoms with Crippen LogP contribution in [-0.2, 0) is 21.4 Å². The van der Waals surface area contributed by atoms with E-state index in [2.05, 4.69) is 5.32 Å². The van der Waals surface area contributed by atoms with Crippen molar-refractivity contribution in [3.63, 3.8) is 0 Å². The number of nitrogens with two attached hydrogens (primary N) is 1. The Morgan fingerprint density at radius 1 is 1.30 bits per heavy atom. The fraction of sp³-hybridized carbons (Fsp3) is 0.278. The number of aryl methyl sites for hydroxylation is 1. The molecule has 0 fully saturated rings. The summed E-state index contributed by atoms with van der Waals surface area (Å²) in [6.45, 7) is 3.60. The Bertz CT molecular complexity index is 960. The predicted molar refractivity (Wildman–Crippen MR) is 104 cm³/mol. The van der Waals surface area contributed by atoms with E-state index in [0.717, 1.165) is 5.56 Å². The first-order valence-corrected chi connectivity index (χ1v) is 9.97. The number of benzene rings is 2. The number of amides is 1. The number of halogens is 2. The number of carbonyl (C=O) groups is 1. The Labute approximate surface area is 163 Å². The summed E-state index contributed by atoms with van der Waals surface area (Å²) in [6.07, 6.45) is 0. The monoisotopic (exact) mass is 413 g/mol. The molecule has 0 aliphatic heterocycles. The number of primary sulfonamides is 1. The third kappa shape index (κ3) is 5.49. The molecule has 0 saturated carbocycles. The van der Waals surface area contributed by atoms with Crippen molar-refractivity contribution in [3.05, 3.63) is 57.9 Å². The second kappa shape index (κ2) is 8.35. The van der Waals surface area contributed by atoms with E-state index >= 15 is 0 Å². The average Bonchev–Trinajstić information content (AvgIpc) is 2.54. The molecule has 0 radical (unpaired) electrons. The molecule has 6 nitrogen and oxygen atoms in total. The van der Waals surface area contributed by atoms with Gasteiger partial charge in [-0.05, 0) is 56.3 Å². The number of sulfonamides is 1. The van der Waals surface area contributed by atoms with E-state index in [1.54, 1.807) is 31.9 Å². The first-order chi connectivity index (χ1) is 12.5. The lowest BCUT2D eigenvalue weighted by Crippen LogP contribution is -2.30. The molecule has 1 amide bonds. The lowest BCUT2D eigenvalue weighted by atomic mass is 10.1. The van der Waals surface area contributed by atoms with Crippen LogP contribution in [0.15, 0.2) is 35.2 Å². The maximum absolute atomic E-state index is 13.9. The van der Waals surface area contributed by atoms with Gasteiger partial charge in [0.25, 0.3) is 0 Å². The average molecular weight is 414 g/mol. The zero-order chi connectivity index (χ0) is 20.4. The molecule has 0 atom stereocenters. The lowest BCUT2D eigenvalue weighted by molar-refractivity contribution is -0.117. The van der Waals surface area contributed by atoms with E-state index in [9.17, 15) is 17.6 Å². The summed E-state index contributed by atoms with van der Waals surface area (Å²) in [6, 6.07) is 7.17. The predicted octanol–water partition coefficient (Wildman–Crippen LogP) is 2.81. The van der Waals surface area contributed by atoms with Crippen LogP contribution in [0.2, 0.25) is 5.02 Å². The van der Waals surface area contributed by atoms with Crippen LogP contribution in [0.5, 0.6) is 0 Å². The van der Waals surface area contributed by atoms with Gasteiger partial charge in [-0.1, -0.05) is 17.7 Å². The van der Waals surface area contributed by atoms with Crippen LogP contribution in [0.4, 0.5) is 10.1 Å². The van der Waals surface area contributed by atoms with Crippen molar-refractivity contribution in [1.29, 1.82) is 0 Å². The summed E-state index contributed by atoms with van der Waals surface area (Å²) in [7, 11) is -2.24. The molecule has 146 valence electrons. The highest BCUT2D eigenvalue weighted by Gasteiger charge is 2.16. The van der Waals surface area contributed by atoms with Crippen molar-refractivity contribution in [1.82, 2.24) is 4.90 Å². The normalized spacial score (nSPS) is 11.7. The van der Waals surface area contributed by atoms with E-state index in [1.165, 1.54) is 24.3 Å². The van der Waals surface area contributed by atoms with Gasteiger partial charge in [-0.15, -0.1) is 0 Å². The number of rotatable bonds is 6. The minimum atomic E-state index is -3.89. The van der Waals surface area contributed by atoms with Crippen LogP contribution in [0.1, 0.15) is 16.7 Å². The van der Waals surface area contributed by atoms with E-state index in [4.69, 9.17) is 16.7 Å². The van der Waals surface area contributed by atoms with Gasteiger partial charge in [0.1, 0.15) is 5.82 Å². The van der Waals surface area contributed by atoms with Crippen LogP contribution in [0.25, 0.3) is 0 Å². The standard InChI is InChI=1S/C18H21ClFN3O3S/c1-11-7-13(27(21,25)26)8-17(12(11)2)22-18(24)10-23(3)9-14-15(19)5-4-6-16(14)20/h4-8H,9-10H2,1-3H3,(H,22,24)(H2,21,25,26). The van der Waals surface area contributed by atoms with Crippen molar-refractivity contribution in [3.8, 4) is 0 Å². The van der Waals surface area contributed by atoms with Gasteiger partial charge in [-0.2, -0.15) is 0 Å². The summed E-state index contributed by atoms with van der Waals surface area (Å²) in [4.78, 5) is 13.9. The fourth-order valence-corrected chi connectivity index (χ4v) is 3.41. The molecule has 0 bridgehead atoms. The highest BCUT2D eigenvalue weighted by molar-refractivity contribution is 7.89. The van der Waals surface area contributed by atoms with Crippen LogP contribution < -0.4 is 10.5 Å². The van der Waals surface area contributed by atoms with E-state index in [-0.39, 0.29) is 28.9 Å². The van der Waals surface area contributed by atoms with Gasteiger partial charge < -0.3 is 5.32 Å². The molecule has 0 aromatic heterocycles. The molecular formula is C18H21ClFN3O3S. The largest absolute Gasteiger partial charge is 0.325 e. The highest BCUT2D eigenvalue weighted by atomic mass is 35.5. The van der Waals surface area contributed by atoms with Crippen LogP contribution >= 0.6 is 11.6 Å². The van der Waals surface area contributed by atoms with Crippen molar-refractivity contribution in [2.45, 2.75) is 25.3 Å². The number of nitrogens with one attached hydrogen (secondary N) is 1. The molecule has 27 heavy (non-hydrogen) atoms. The number of likely N-dealkylation sites (N-methyl/N-ethyl adjacent to an activating group) is 1. The lowest BCUT2D eigenvalue weighted by Gasteiger charge is -2.19. The van der Waals surface area contributed by atoms with Gasteiger partial charge in [0.05, 0.1) is 11.4 Å². The first-order valence-electron chi connectivity index (χ1n) is 8.04. The molecule has 0 aliphatic rings. The van der Waals surface area contributed by atoms with E-state index in [0.29, 0.717) is 16.8 Å². The van der Waals surface area contributed by atoms with Crippen molar-refractivity contribution in [2.75, 3.05) is 18.9 Å². The Balaban J connectivity index is 2.13. The number of hydrogen-bond donors (Lipinski definition) is 2. The summed E-state index contributed by atoms with van der Waals surface area (Å²) in [5.41, 5.74) is 2.08. The number of carbonyl (C=O) groups excluding carboxylic acids is 1. The number of nitrogens with zero attached hydrogens (tertiary/aromatic N) is 1. The van der Waals surface area contributed by atoms with Gasteiger partial charge >= 0.3 is 0 Å². The molecule has 0 spiro atoms. The molecule has 0 unspecified atom stereocenters. The maximum Gasteiger partial charge on any atom is 0.238 e. The SMILES string of the molecule is Cc1cc(S(N)(=O)=O)cc(NC(=O)CN(C)Cc2c(F)cccc2Cl)c1C. The van der Waals surface area contributed by atoms with Crippen LogP contribution in [0, 0.1) is 19.7 Å². The molecule has 0 saturated heterocycles. The van der Waals surface area contributed by atoms with Crippen molar-refractivity contribution >= 4 is 33.2 Å². The third-order valence-electron chi connectivity index (χ3n) is 4.15. The van der Waals surface area contributed by atoms with Crippen molar-refractivity contribution < 1.29 is 17.6 Å². The fourth-order valence-electron chi connectivity index (χ4n) is 2.56. The minimum Gasteiger partial charge on any atom is -0.325 e. The van der Waals surface area contributed by atoms with E-state index in [1.807, 2.05) is 0 Å². The number of hydrogen-bond acceptors (Lipinski definition) is 4. The third-order valence-corrected chi connectivity index (χ3v) is 5.39. The Morgan fingerprint density at radius 2 is 1.96 bits per heavy atom. The molecule has 0 aliphatic carbocycles. The van der Waals surface area contributed by atoms with Gasteiger partial charge in [0.2, 0.25) is 15.9 Å². The Morgan fingerprint density at radius 3 is 2.56 bits per heavy atom. The van der Waals surface area contributed by atoms with Crippen molar-refractivity contribution in [2.24, 2.45) is 5.14 Å². The summed E-state index contributed by atoms with van der Waals surface area (Å²) in [5, 5.41) is 8.14. The second-order valence-electron chi connectivity index (χ2n) is 6.38. The van der Waals surface area contributed by atoms with Gasteiger partial charge in [-0.3, -0.25) is 9.69 Å². The maximum atomic E-state index is 13.9. The summed E-state index contributed by atoms with van der Waals surface area (Å²) < 4.78 is 37.0. The highest BCUT2D eigenvalue weighted by Crippen LogP contribution is 2.24. The Kier molecular flexibility index (Phi) is 6.59. The summed E-state index contributed by atoms with van der Waals surface area (Å²) in [5.74, 6) is -0.818. The van der Waals surface area contributed by atoms with Gasteiger partial charge in [-0.25, -0.2) is 17.9 Å². The molecule has 9 heteroatoms. The molecule has 2 rings (SSSR count). The molecular weight excluding hydrogens is 393 g/mol. The zero-order valence-electron chi connectivity index (χ0n) is 15.2. The van der Waals surface area contributed by atoms with Gasteiger partial charge in [0.15, 0.2) is 0 Å². The molecule has 3 N–H and O–H groups in total. The van der Waals surface area contributed by atoms with Crippen LogP contribution in [-0.4, -0.2) is 32.8 Å². The molecule has 0 heterocycles. The summed E-state index contributed by atoms with van der Waals surface area (Å²) >= 11 is 6.00. The van der Waals surface area contributed by atoms with Gasteiger partial charge in [0, 0.05) is 22.8 Å². The first kappa shape index (κ1) is 21.3. The van der Waals surface area contributed by atoms with Crippen LogP contribution in [0.3, 0.4) is 0 Å². The molecule has 2 aromatic rings. The zero-order valence-corrected chi connectivity index (χ0v) is 16.8. The smallest absolute Gasteiger partial charge is 0.238 e. The van der Waals surface area contributed by atoms with E-state index < -0.39 is 15.8 Å².